The van der Waals surface area contributed by atoms with E-state index in [-0.39, 0.29) is 18.3 Å². The summed E-state index contributed by atoms with van der Waals surface area (Å²) < 4.78 is 6.22. The second kappa shape index (κ2) is 7.12. The van der Waals surface area contributed by atoms with Gasteiger partial charge in [0.2, 0.25) is 5.91 Å². The number of carbonyl (C=O) groups excluding carboxylic acids is 2. The van der Waals surface area contributed by atoms with E-state index >= 15 is 0 Å². The molecule has 2 heterocycles. The Balaban J connectivity index is 1.66. The van der Waals surface area contributed by atoms with Gasteiger partial charge in [-0.3, -0.25) is 9.59 Å². The fourth-order valence-corrected chi connectivity index (χ4v) is 4.35. The lowest BCUT2D eigenvalue weighted by Crippen LogP contribution is -2.27. The maximum atomic E-state index is 12.5. The van der Waals surface area contributed by atoms with Crippen molar-refractivity contribution in [3.05, 3.63) is 48.0 Å². The Labute approximate surface area is 161 Å². The van der Waals surface area contributed by atoms with Crippen molar-refractivity contribution in [1.29, 1.82) is 0 Å². The normalized spacial score (nSPS) is 16.9. The van der Waals surface area contributed by atoms with Crippen LogP contribution in [0.4, 0.5) is 5.69 Å². The highest BCUT2D eigenvalue weighted by Crippen LogP contribution is 2.35. The van der Waals surface area contributed by atoms with E-state index in [0.717, 1.165) is 32.0 Å². The molecular weight excluding hydrogens is 360 g/mol. The molecule has 1 atom stereocenters. The number of amides is 1. The number of hydrogen-bond acceptors (Lipinski definition) is 5. The van der Waals surface area contributed by atoms with Gasteiger partial charge < -0.3 is 9.64 Å². The van der Waals surface area contributed by atoms with Crippen LogP contribution in [-0.2, 0) is 14.3 Å². The lowest BCUT2D eigenvalue weighted by molar-refractivity contribution is -0.147. The molecule has 2 aromatic carbocycles. The molecule has 0 saturated carbocycles. The van der Waals surface area contributed by atoms with Crippen molar-refractivity contribution in [3.63, 3.8) is 0 Å². The predicted octanol–water partition coefficient (Wildman–Crippen LogP) is 4.19. The Kier molecular flexibility index (Phi) is 4.66. The highest BCUT2D eigenvalue weighted by molar-refractivity contribution is 7.21. The third-order valence-corrected chi connectivity index (χ3v) is 5.87. The monoisotopic (exact) mass is 380 g/mol. The molecule has 0 radical (unpaired) electrons. The Morgan fingerprint density at radius 1 is 1.30 bits per heavy atom. The first-order valence-electron chi connectivity index (χ1n) is 9.00. The van der Waals surface area contributed by atoms with Crippen LogP contribution < -0.4 is 4.90 Å². The summed E-state index contributed by atoms with van der Waals surface area (Å²) >= 11 is 1.63. The summed E-state index contributed by atoms with van der Waals surface area (Å²) in [5.74, 6) is -0.742. The second-order valence-electron chi connectivity index (χ2n) is 6.65. The molecule has 27 heavy (non-hydrogen) atoms. The van der Waals surface area contributed by atoms with E-state index in [9.17, 15) is 9.59 Å². The number of thiazole rings is 1. The third-order valence-electron chi connectivity index (χ3n) is 4.79. The van der Waals surface area contributed by atoms with Gasteiger partial charge in [0.15, 0.2) is 0 Å². The van der Waals surface area contributed by atoms with E-state index < -0.39 is 5.92 Å². The minimum Gasteiger partial charge on any atom is -0.466 e. The van der Waals surface area contributed by atoms with Crippen molar-refractivity contribution in [2.45, 2.75) is 20.3 Å². The molecule has 1 aromatic heterocycles. The van der Waals surface area contributed by atoms with Crippen LogP contribution >= 0.6 is 11.3 Å². The first kappa shape index (κ1) is 17.7. The van der Waals surface area contributed by atoms with Crippen LogP contribution in [0.2, 0.25) is 0 Å². The molecule has 1 aliphatic rings. The molecule has 1 aliphatic heterocycles. The van der Waals surface area contributed by atoms with Gasteiger partial charge >= 0.3 is 5.97 Å². The smallest absolute Gasteiger partial charge is 0.311 e. The number of carbonyl (C=O) groups is 2. The van der Waals surface area contributed by atoms with Gasteiger partial charge in [0, 0.05) is 24.2 Å². The highest BCUT2D eigenvalue weighted by Gasteiger charge is 2.36. The van der Waals surface area contributed by atoms with Gasteiger partial charge in [-0.25, -0.2) is 4.98 Å². The lowest BCUT2D eigenvalue weighted by atomic mass is 10.1. The molecule has 0 N–H and O–H groups in total. The molecule has 1 fully saturated rings. The molecule has 3 aromatic rings. The Morgan fingerprint density at radius 3 is 2.89 bits per heavy atom. The summed E-state index contributed by atoms with van der Waals surface area (Å²) in [5, 5.41) is 0.922. The molecular formula is C21H20N2O3S. The molecule has 0 bridgehead atoms. The maximum absolute atomic E-state index is 12.5. The van der Waals surface area contributed by atoms with Gasteiger partial charge in [0.1, 0.15) is 5.01 Å². The van der Waals surface area contributed by atoms with Crippen molar-refractivity contribution in [1.82, 2.24) is 4.98 Å². The van der Waals surface area contributed by atoms with Crippen LogP contribution in [0.5, 0.6) is 0 Å². The first-order valence-corrected chi connectivity index (χ1v) is 9.82. The quantitative estimate of drug-likeness (QED) is 0.637. The summed E-state index contributed by atoms with van der Waals surface area (Å²) in [7, 11) is 0. The summed E-state index contributed by atoms with van der Waals surface area (Å²) in [6.45, 7) is 4.44. The molecule has 0 aliphatic carbocycles. The van der Waals surface area contributed by atoms with E-state index in [1.165, 1.54) is 0 Å². The van der Waals surface area contributed by atoms with E-state index in [1.54, 1.807) is 23.2 Å². The number of fused-ring (bicyclic) bond motifs is 1. The Bertz CT molecular complexity index is 994. The van der Waals surface area contributed by atoms with Crippen LogP contribution in [0.3, 0.4) is 0 Å². The lowest BCUT2D eigenvalue weighted by Gasteiger charge is -2.19. The summed E-state index contributed by atoms with van der Waals surface area (Å²) in [6, 6.07) is 14.1. The zero-order chi connectivity index (χ0) is 19.0. The Morgan fingerprint density at radius 2 is 2.11 bits per heavy atom. The number of hydrogen-bond donors (Lipinski definition) is 0. The van der Waals surface area contributed by atoms with E-state index in [1.807, 2.05) is 43.3 Å². The van der Waals surface area contributed by atoms with Crippen molar-refractivity contribution in [2.75, 3.05) is 18.1 Å². The van der Waals surface area contributed by atoms with Gasteiger partial charge in [-0.2, -0.15) is 0 Å². The van der Waals surface area contributed by atoms with Crippen molar-refractivity contribution in [2.24, 2.45) is 5.92 Å². The van der Waals surface area contributed by atoms with Crippen molar-refractivity contribution in [3.8, 4) is 10.6 Å². The van der Waals surface area contributed by atoms with Crippen LogP contribution in [0.1, 0.15) is 18.9 Å². The minimum atomic E-state index is -0.400. The first-order chi connectivity index (χ1) is 13.1. The average molecular weight is 380 g/mol. The maximum Gasteiger partial charge on any atom is 0.311 e. The Hall–Kier alpha value is -2.73. The molecule has 138 valence electrons. The number of esters is 1. The fraction of sp³-hybridized carbons (Fsp3) is 0.286. The van der Waals surface area contributed by atoms with E-state index in [4.69, 9.17) is 9.72 Å². The summed E-state index contributed by atoms with van der Waals surface area (Å²) in [5.41, 5.74) is 3.78. The molecule has 6 heteroatoms. The van der Waals surface area contributed by atoms with Gasteiger partial charge in [-0.15, -0.1) is 11.3 Å². The van der Waals surface area contributed by atoms with Crippen molar-refractivity contribution >= 4 is 39.1 Å². The van der Waals surface area contributed by atoms with E-state index in [0.29, 0.717) is 13.2 Å². The van der Waals surface area contributed by atoms with Gasteiger partial charge in [-0.05, 0) is 37.6 Å². The number of para-hydroxylation sites is 1. The van der Waals surface area contributed by atoms with Crippen LogP contribution in [0, 0.1) is 12.8 Å². The largest absolute Gasteiger partial charge is 0.466 e. The van der Waals surface area contributed by atoms with Crippen LogP contribution in [0.25, 0.3) is 20.8 Å². The van der Waals surface area contributed by atoms with Crippen LogP contribution in [0.15, 0.2) is 42.5 Å². The molecule has 4 rings (SSSR count). The zero-order valence-electron chi connectivity index (χ0n) is 15.3. The average Bonchev–Trinajstić information content (AvgIpc) is 3.26. The predicted molar refractivity (Wildman–Crippen MR) is 107 cm³/mol. The molecule has 5 nitrogen and oxygen atoms in total. The van der Waals surface area contributed by atoms with Gasteiger partial charge in [0.25, 0.3) is 0 Å². The standard InChI is InChI=1S/C21H20N2O3S/c1-3-26-21(25)15-11-19(24)23(12-15)17-10-14(9-8-13(17)2)20-22-16-6-4-5-7-18(16)27-20/h4-10,15H,3,11-12H2,1-2H3/t15-/m1/s1. The minimum absolute atomic E-state index is 0.0439. The fourth-order valence-electron chi connectivity index (χ4n) is 3.39. The number of nitrogens with zero attached hydrogens (tertiary/aromatic N) is 2. The SMILES string of the molecule is CCOC(=O)[C@@H]1CC(=O)N(c2cc(-c3nc4ccccc4s3)ccc2C)C1. The molecule has 0 spiro atoms. The topological polar surface area (TPSA) is 59.5 Å². The van der Waals surface area contributed by atoms with Gasteiger partial charge in [0.05, 0.1) is 22.7 Å². The number of ether oxygens (including phenoxy) is 1. The highest BCUT2D eigenvalue weighted by atomic mass is 32.1. The molecule has 1 saturated heterocycles. The number of benzene rings is 2. The number of anilines is 1. The van der Waals surface area contributed by atoms with E-state index in [2.05, 4.69) is 6.07 Å². The van der Waals surface area contributed by atoms with Gasteiger partial charge in [-0.1, -0.05) is 24.3 Å². The molecule has 0 unspecified atom stereocenters. The zero-order valence-corrected chi connectivity index (χ0v) is 16.1. The molecule has 1 amide bonds. The van der Waals surface area contributed by atoms with Crippen LogP contribution in [-0.4, -0.2) is 30.0 Å². The third kappa shape index (κ3) is 3.32. The van der Waals surface area contributed by atoms with Crippen molar-refractivity contribution < 1.29 is 14.3 Å². The number of aryl methyl sites for hydroxylation is 1. The number of rotatable bonds is 4. The second-order valence-corrected chi connectivity index (χ2v) is 7.68. The summed E-state index contributed by atoms with van der Waals surface area (Å²) in [6.07, 6.45) is 0.198. The number of aromatic nitrogens is 1. The summed E-state index contributed by atoms with van der Waals surface area (Å²) in [4.78, 5) is 31.0.